The smallest absolute Gasteiger partial charge is 0.340 e. The Morgan fingerprint density at radius 3 is 2.74 bits per heavy atom. The number of rotatable bonds is 2. The Morgan fingerprint density at radius 1 is 1.04 bits per heavy atom. The number of benzene rings is 2. The first-order chi connectivity index (χ1) is 11.3. The van der Waals surface area contributed by atoms with Crippen LogP contribution in [-0.4, -0.2) is 22.6 Å². The summed E-state index contributed by atoms with van der Waals surface area (Å²) in [6.45, 7) is 0. The molecule has 0 aliphatic heterocycles. The Hall–Kier alpha value is -3.14. The van der Waals surface area contributed by atoms with Gasteiger partial charge in [-0.2, -0.15) is 0 Å². The number of esters is 1. The topological polar surface area (TPSA) is 44.1 Å². The molecule has 0 amide bonds. The van der Waals surface area contributed by atoms with Gasteiger partial charge in [0, 0.05) is 23.2 Å². The molecule has 0 aliphatic carbocycles. The van der Waals surface area contributed by atoms with Crippen molar-refractivity contribution in [1.29, 1.82) is 0 Å². The number of carbonyl (C=O) groups excluding carboxylic acids is 1. The van der Waals surface area contributed by atoms with Crippen molar-refractivity contribution in [3.8, 4) is 5.69 Å². The van der Waals surface area contributed by atoms with Crippen LogP contribution in [0.1, 0.15) is 10.4 Å². The molecule has 0 saturated carbocycles. The average molecular weight is 302 g/mol. The molecule has 112 valence electrons. The molecule has 0 unspecified atom stereocenters. The van der Waals surface area contributed by atoms with Crippen molar-refractivity contribution < 1.29 is 9.53 Å². The van der Waals surface area contributed by atoms with Gasteiger partial charge < -0.3 is 9.30 Å². The molecule has 4 aromatic rings. The molecule has 0 radical (unpaired) electrons. The van der Waals surface area contributed by atoms with Crippen molar-refractivity contribution in [3.63, 3.8) is 0 Å². The van der Waals surface area contributed by atoms with Gasteiger partial charge in [-0.3, -0.25) is 4.98 Å². The zero-order valence-corrected chi connectivity index (χ0v) is 12.6. The van der Waals surface area contributed by atoms with E-state index in [-0.39, 0.29) is 5.97 Å². The fourth-order valence-corrected chi connectivity index (χ4v) is 2.93. The third-order valence-electron chi connectivity index (χ3n) is 3.99. The molecule has 0 atom stereocenters. The van der Waals surface area contributed by atoms with Crippen LogP contribution in [0.4, 0.5) is 0 Å². The van der Waals surface area contributed by atoms with Gasteiger partial charge in [0.05, 0.1) is 29.4 Å². The van der Waals surface area contributed by atoms with Gasteiger partial charge in [0.25, 0.3) is 0 Å². The van der Waals surface area contributed by atoms with Crippen LogP contribution in [0.5, 0.6) is 0 Å². The summed E-state index contributed by atoms with van der Waals surface area (Å²) in [5.74, 6) is -0.340. The fourth-order valence-electron chi connectivity index (χ4n) is 2.93. The minimum atomic E-state index is -0.340. The predicted molar refractivity (Wildman–Crippen MR) is 89.9 cm³/mol. The Morgan fingerprint density at radius 2 is 1.87 bits per heavy atom. The lowest BCUT2D eigenvalue weighted by molar-refractivity contribution is 0.0603. The number of carbonyl (C=O) groups is 1. The number of ether oxygens (including phenoxy) is 1. The Kier molecular flexibility index (Phi) is 3.08. The highest BCUT2D eigenvalue weighted by Gasteiger charge is 2.17. The molecule has 4 rings (SSSR count). The molecule has 0 fully saturated rings. The summed E-state index contributed by atoms with van der Waals surface area (Å²) < 4.78 is 6.91. The van der Waals surface area contributed by atoms with Crippen molar-refractivity contribution in [1.82, 2.24) is 9.55 Å². The monoisotopic (exact) mass is 302 g/mol. The van der Waals surface area contributed by atoms with Crippen LogP contribution in [0, 0.1) is 0 Å². The molecule has 2 aromatic heterocycles. The van der Waals surface area contributed by atoms with Crippen molar-refractivity contribution in [2.45, 2.75) is 0 Å². The summed E-state index contributed by atoms with van der Waals surface area (Å²) in [5, 5.41) is 1.93. The normalized spacial score (nSPS) is 11.0. The van der Waals surface area contributed by atoms with Crippen LogP contribution in [0.25, 0.3) is 27.5 Å². The van der Waals surface area contributed by atoms with Gasteiger partial charge in [-0.05, 0) is 18.2 Å². The second kappa shape index (κ2) is 5.25. The van der Waals surface area contributed by atoms with E-state index in [2.05, 4.69) is 4.98 Å². The molecule has 0 bridgehead atoms. The molecule has 0 N–H and O–H groups in total. The van der Waals surface area contributed by atoms with E-state index in [1.165, 1.54) is 7.11 Å². The SMILES string of the molecule is COC(=O)c1cn(-c2cccc3cccnc23)c2ccccc12. The lowest BCUT2D eigenvalue weighted by Crippen LogP contribution is -2.00. The molecule has 4 nitrogen and oxygen atoms in total. The Labute approximate surface area is 132 Å². The molecule has 0 aliphatic rings. The van der Waals surface area contributed by atoms with E-state index in [0.29, 0.717) is 5.56 Å². The minimum Gasteiger partial charge on any atom is -0.465 e. The molecule has 23 heavy (non-hydrogen) atoms. The van der Waals surface area contributed by atoms with Gasteiger partial charge in [0.15, 0.2) is 0 Å². The summed E-state index contributed by atoms with van der Waals surface area (Å²) in [5.41, 5.74) is 3.34. The number of nitrogens with zero attached hydrogens (tertiary/aromatic N) is 2. The van der Waals surface area contributed by atoms with Crippen molar-refractivity contribution >= 4 is 27.8 Å². The maximum Gasteiger partial charge on any atom is 0.340 e. The molecule has 0 saturated heterocycles. The van der Waals surface area contributed by atoms with E-state index >= 15 is 0 Å². The summed E-state index contributed by atoms with van der Waals surface area (Å²) in [4.78, 5) is 16.6. The average Bonchev–Trinajstić information content (AvgIpc) is 3.00. The van der Waals surface area contributed by atoms with Crippen LogP contribution < -0.4 is 0 Å². The van der Waals surface area contributed by atoms with Gasteiger partial charge in [-0.25, -0.2) is 4.79 Å². The lowest BCUT2D eigenvalue weighted by Gasteiger charge is -2.08. The maximum absolute atomic E-state index is 12.1. The number of pyridine rings is 1. The highest BCUT2D eigenvalue weighted by atomic mass is 16.5. The van der Waals surface area contributed by atoms with Gasteiger partial charge in [-0.1, -0.05) is 36.4 Å². The van der Waals surface area contributed by atoms with E-state index < -0.39 is 0 Å². The van der Waals surface area contributed by atoms with Crippen molar-refractivity contribution in [3.05, 3.63) is 72.6 Å². The van der Waals surface area contributed by atoms with Crippen LogP contribution >= 0.6 is 0 Å². The number of para-hydroxylation sites is 2. The molecule has 0 spiro atoms. The summed E-state index contributed by atoms with van der Waals surface area (Å²) in [6.07, 6.45) is 3.60. The Bertz CT molecular complexity index is 1030. The zero-order chi connectivity index (χ0) is 15.8. The minimum absolute atomic E-state index is 0.340. The second-order valence-electron chi connectivity index (χ2n) is 5.27. The summed E-state index contributed by atoms with van der Waals surface area (Å²) >= 11 is 0. The van der Waals surface area contributed by atoms with Crippen LogP contribution in [0.3, 0.4) is 0 Å². The van der Waals surface area contributed by atoms with E-state index in [1.54, 1.807) is 6.20 Å². The first-order valence-corrected chi connectivity index (χ1v) is 7.32. The van der Waals surface area contributed by atoms with Crippen molar-refractivity contribution in [2.75, 3.05) is 7.11 Å². The van der Waals surface area contributed by atoms with E-state index in [4.69, 9.17) is 4.74 Å². The van der Waals surface area contributed by atoms with Gasteiger partial charge in [0.1, 0.15) is 0 Å². The van der Waals surface area contributed by atoms with Crippen LogP contribution in [0.2, 0.25) is 0 Å². The summed E-state index contributed by atoms with van der Waals surface area (Å²) in [6, 6.07) is 17.8. The number of aromatic nitrogens is 2. The van der Waals surface area contributed by atoms with Gasteiger partial charge in [-0.15, -0.1) is 0 Å². The third-order valence-corrected chi connectivity index (χ3v) is 3.99. The molecule has 2 aromatic carbocycles. The molecule has 4 heteroatoms. The second-order valence-corrected chi connectivity index (χ2v) is 5.27. The lowest BCUT2D eigenvalue weighted by atomic mass is 10.1. The van der Waals surface area contributed by atoms with Gasteiger partial charge in [0.2, 0.25) is 0 Å². The zero-order valence-electron chi connectivity index (χ0n) is 12.6. The van der Waals surface area contributed by atoms with Gasteiger partial charge >= 0.3 is 5.97 Å². The first-order valence-electron chi connectivity index (χ1n) is 7.32. The molecular formula is C19H14N2O2. The highest BCUT2D eigenvalue weighted by Crippen LogP contribution is 2.28. The van der Waals surface area contributed by atoms with E-state index in [9.17, 15) is 4.79 Å². The number of hydrogen-bond donors (Lipinski definition) is 0. The quantitative estimate of drug-likeness (QED) is 0.526. The summed E-state index contributed by atoms with van der Waals surface area (Å²) in [7, 11) is 1.40. The molecular weight excluding hydrogens is 288 g/mol. The highest BCUT2D eigenvalue weighted by molar-refractivity contribution is 6.05. The van der Waals surface area contributed by atoms with Crippen LogP contribution in [-0.2, 0) is 4.74 Å². The van der Waals surface area contributed by atoms with E-state index in [0.717, 1.165) is 27.5 Å². The molecule has 2 heterocycles. The fraction of sp³-hybridized carbons (Fsp3) is 0.0526. The van der Waals surface area contributed by atoms with E-state index in [1.807, 2.05) is 65.4 Å². The number of methoxy groups -OCH3 is 1. The number of hydrogen-bond acceptors (Lipinski definition) is 3. The predicted octanol–water partition coefficient (Wildman–Crippen LogP) is 3.97. The van der Waals surface area contributed by atoms with Crippen molar-refractivity contribution in [2.24, 2.45) is 0 Å². The number of fused-ring (bicyclic) bond motifs is 2. The largest absolute Gasteiger partial charge is 0.465 e. The first kappa shape index (κ1) is 13.5. The maximum atomic E-state index is 12.1. The third kappa shape index (κ3) is 2.07. The Balaban J connectivity index is 2.07. The standard InChI is InChI=1S/C19H14N2O2/c1-23-19(22)15-12-21(16-9-3-2-8-14(15)16)17-10-4-6-13-7-5-11-20-18(13)17/h2-12H,1H3. The van der Waals surface area contributed by atoms with Crippen LogP contribution in [0.15, 0.2) is 67.0 Å².